The molecule has 0 radical (unpaired) electrons. The average Bonchev–Trinajstić information content (AvgIpc) is 3.50. The molecule has 1 aromatic carbocycles. The van der Waals surface area contributed by atoms with Gasteiger partial charge in [-0.3, -0.25) is 9.48 Å². The van der Waals surface area contributed by atoms with E-state index in [2.05, 4.69) is 30.6 Å². The molecule has 0 aliphatic carbocycles. The topological polar surface area (TPSA) is 97.2 Å². The molecule has 1 saturated heterocycles. The molecule has 0 bridgehead atoms. The molecule has 174 valence electrons. The standard InChI is InChI=1S/C24H25N7O2S/c1-16-14-22(31-9-11-33-12-10-31)28-24(25-16)27-18-7-5-17(6-8-18)26-23(32)20-15-19(29-30(20)2)21-4-3-13-34-21/h3-8,13-15H,9-12H2,1-2H3,(H,26,32)(H,25,27,28). The number of thiophene rings is 1. The minimum atomic E-state index is -0.212. The second-order valence-electron chi connectivity index (χ2n) is 7.96. The molecule has 9 nitrogen and oxygen atoms in total. The van der Waals surface area contributed by atoms with Gasteiger partial charge in [-0.1, -0.05) is 6.07 Å². The lowest BCUT2D eigenvalue weighted by Gasteiger charge is -2.28. The number of rotatable bonds is 6. The Morgan fingerprint density at radius 2 is 1.82 bits per heavy atom. The summed E-state index contributed by atoms with van der Waals surface area (Å²) in [7, 11) is 1.77. The molecular weight excluding hydrogens is 450 g/mol. The third kappa shape index (κ3) is 4.92. The normalized spacial score (nSPS) is 13.6. The van der Waals surface area contributed by atoms with Gasteiger partial charge in [-0.25, -0.2) is 4.98 Å². The van der Waals surface area contributed by atoms with Crippen LogP contribution in [0.15, 0.2) is 53.9 Å². The molecular formula is C24H25N7O2S. The molecule has 34 heavy (non-hydrogen) atoms. The van der Waals surface area contributed by atoms with Gasteiger partial charge in [-0.2, -0.15) is 10.1 Å². The zero-order chi connectivity index (χ0) is 23.5. The maximum Gasteiger partial charge on any atom is 0.273 e. The summed E-state index contributed by atoms with van der Waals surface area (Å²) in [6.45, 7) is 4.99. The summed E-state index contributed by atoms with van der Waals surface area (Å²) in [5, 5.41) is 12.6. The van der Waals surface area contributed by atoms with Crippen molar-refractivity contribution in [3.63, 3.8) is 0 Å². The van der Waals surface area contributed by atoms with Crippen molar-refractivity contribution in [2.45, 2.75) is 6.92 Å². The van der Waals surface area contributed by atoms with Gasteiger partial charge in [0.2, 0.25) is 5.95 Å². The summed E-state index contributed by atoms with van der Waals surface area (Å²) >= 11 is 1.59. The van der Waals surface area contributed by atoms with Crippen LogP contribution in [-0.4, -0.2) is 52.0 Å². The number of morpholine rings is 1. The highest BCUT2D eigenvalue weighted by molar-refractivity contribution is 7.13. The number of hydrogen-bond donors (Lipinski definition) is 2. The van der Waals surface area contributed by atoms with Crippen LogP contribution in [0.25, 0.3) is 10.6 Å². The van der Waals surface area contributed by atoms with Gasteiger partial charge in [-0.05, 0) is 48.7 Å². The minimum Gasteiger partial charge on any atom is -0.378 e. The van der Waals surface area contributed by atoms with Crippen molar-refractivity contribution in [2.75, 3.05) is 41.8 Å². The highest BCUT2D eigenvalue weighted by Gasteiger charge is 2.16. The van der Waals surface area contributed by atoms with E-state index < -0.39 is 0 Å². The van der Waals surface area contributed by atoms with Gasteiger partial charge in [0, 0.05) is 43.3 Å². The van der Waals surface area contributed by atoms with Gasteiger partial charge in [-0.15, -0.1) is 11.3 Å². The number of benzene rings is 1. The van der Waals surface area contributed by atoms with Crippen molar-refractivity contribution in [3.8, 4) is 10.6 Å². The fraction of sp³-hybridized carbons (Fsp3) is 0.250. The Morgan fingerprint density at radius 1 is 1.06 bits per heavy atom. The van der Waals surface area contributed by atoms with Crippen LogP contribution < -0.4 is 15.5 Å². The third-order valence-corrected chi connectivity index (χ3v) is 6.35. The van der Waals surface area contributed by atoms with Crippen LogP contribution in [0, 0.1) is 6.92 Å². The zero-order valence-corrected chi connectivity index (χ0v) is 19.8. The quantitative estimate of drug-likeness (QED) is 0.434. The molecule has 1 aliphatic heterocycles. The van der Waals surface area contributed by atoms with Gasteiger partial charge in [0.1, 0.15) is 17.2 Å². The van der Waals surface area contributed by atoms with Crippen LogP contribution >= 0.6 is 11.3 Å². The number of amides is 1. The molecule has 10 heteroatoms. The van der Waals surface area contributed by atoms with Crippen molar-refractivity contribution in [1.82, 2.24) is 19.7 Å². The van der Waals surface area contributed by atoms with E-state index in [0.29, 0.717) is 30.5 Å². The summed E-state index contributed by atoms with van der Waals surface area (Å²) in [5.41, 5.74) is 3.69. The number of anilines is 4. The first kappa shape index (κ1) is 22.1. The second kappa shape index (κ2) is 9.62. The number of carbonyl (C=O) groups is 1. The van der Waals surface area contributed by atoms with Crippen molar-refractivity contribution in [3.05, 3.63) is 65.3 Å². The average molecular weight is 476 g/mol. The highest BCUT2D eigenvalue weighted by Crippen LogP contribution is 2.25. The summed E-state index contributed by atoms with van der Waals surface area (Å²) < 4.78 is 7.03. The molecule has 3 aromatic heterocycles. The van der Waals surface area contributed by atoms with Gasteiger partial charge < -0.3 is 20.3 Å². The molecule has 0 spiro atoms. The fourth-order valence-corrected chi connectivity index (χ4v) is 4.43. The SMILES string of the molecule is Cc1cc(N2CCOCC2)nc(Nc2ccc(NC(=O)c3cc(-c4cccs4)nn3C)cc2)n1. The number of aryl methyl sites for hydroxylation is 2. The molecule has 0 saturated carbocycles. The zero-order valence-electron chi connectivity index (χ0n) is 19.0. The van der Waals surface area contributed by atoms with Crippen LogP contribution in [0.4, 0.5) is 23.1 Å². The van der Waals surface area contributed by atoms with E-state index in [9.17, 15) is 4.79 Å². The Kier molecular flexibility index (Phi) is 6.24. The maximum absolute atomic E-state index is 12.8. The van der Waals surface area contributed by atoms with Crippen LogP contribution in [0.3, 0.4) is 0 Å². The van der Waals surface area contributed by atoms with E-state index in [0.717, 1.165) is 40.9 Å². The lowest BCUT2D eigenvalue weighted by atomic mass is 10.2. The van der Waals surface area contributed by atoms with Crippen molar-refractivity contribution >= 4 is 40.4 Å². The van der Waals surface area contributed by atoms with E-state index in [1.54, 1.807) is 29.1 Å². The molecule has 4 heterocycles. The number of aromatic nitrogens is 4. The third-order valence-electron chi connectivity index (χ3n) is 5.46. The molecule has 2 N–H and O–H groups in total. The first-order chi connectivity index (χ1) is 16.5. The van der Waals surface area contributed by atoms with Crippen molar-refractivity contribution in [2.24, 2.45) is 7.05 Å². The van der Waals surface area contributed by atoms with E-state index >= 15 is 0 Å². The summed E-state index contributed by atoms with van der Waals surface area (Å²) in [6.07, 6.45) is 0. The Morgan fingerprint density at radius 3 is 2.56 bits per heavy atom. The van der Waals surface area contributed by atoms with E-state index in [1.807, 2.05) is 54.8 Å². The summed E-state index contributed by atoms with van der Waals surface area (Å²) in [6, 6.07) is 15.2. The van der Waals surface area contributed by atoms with E-state index in [4.69, 9.17) is 4.74 Å². The summed E-state index contributed by atoms with van der Waals surface area (Å²) in [5.74, 6) is 1.21. The molecule has 4 aromatic rings. The van der Waals surface area contributed by atoms with E-state index in [-0.39, 0.29) is 5.91 Å². The van der Waals surface area contributed by atoms with E-state index in [1.165, 1.54) is 0 Å². The Balaban J connectivity index is 1.26. The molecule has 1 amide bonds. The molecule has 1 fully saturated rings. The second-order valence-corrected chi connectivity index (χ2v) is 8.91. The van der Waals surface area contributed by atoms with Crippen LogP contribution in [0.5, 0.6) is 0 Å². The molecule has 0 atom stereocenters. The predicted octanol–water partition coefficient (Wildman–Crippen LogP) is 4.08. The number of nitrogens with one attached hydrogen (secondary N) is 2. The smallest absolute Gasteiger partial charge is 0.273 e. The molecule has 1 aliphatic rings. The Bertz CT molecular complexity index is 1280. The highest BCUT2D eigenvalue weighted by atomic mass is 32.1. The van der Waals surface area contributed by atoms with Gasteiger partial charge >= 0.3 is 0 Å². The fourth-order valence-electron chi connectivity index (χ4n) is 3.75. The van der Waals surface area contributed by atoms with Crippen LogP contribution in [-0.2, 0) is 11.8 Å². The Hall–Kier alpha value is -3.76. The number of hydrogen-bond acceptors (Lipinski definition) is 8. The van der Waals surface area contributed by atoms with Gasteiger partial charge in [0.15, 0.2) is 0 Å². The van der Waals surface area contributed by atoms with Crippen molar-refractivity contribution in [1.29, 1.82) is 0 Å². The van der Waals surface area contributed by atoms with Crippen LogP contribution in [0.1, 0.15) is 16.2 Å². The number of ether oxygens (including phenoxy) is 1. The lowest BCUT2D eigenvalue weighted by molar-refractivity contribution is 0.101. The summed E-state index contributed by atoms with van der Waals surface area (Å²) in [4.78, 5) is 25.2. The minimum absolute atomic E-state index is 0.212. The maximum atomic E-state index is 12.8. The molecule has 0 unspecified atom stereocenters. The van der Waals surface area contributed by atoms with Gasteiger partial charge in [0.05, 0.1) is 18.1 Å². The van der Waals surface area contributed by atoms with Crippen LogP contribution in [0.2, 0.25) is 0 Å². The van der Waals surface area contributed by atoms with Gasteiger partial charge in [0.25, 0.3) is 5.91 Å². The lowest BCUT2D eigenvalue weighted by Crippen LogP contribution is -2.36. The first-order valence-corrected chi connectivity index (χ1v) is 11.9. The van der Waals surface area contributed by atoms with Crippen molar-refractivity contribution < 1.29 is 9.53 Å². The number of carbonyl (C=O) groups excluding carboxylic acids is 1. The molecule has 5 rings (SSSR count). The predicted molar refractivity (Wildman–Crippen MR) is 134 cm³/mol. The first-order valence-electron chi connectivity index (χ1n) is 11.0. The largest absolute Gasteiger partial charge is 0.378 e. The monoisotopic (exact) mass is 475 g/mol. The Labute approximate surface area is 201 Å². The number of nitrogens with zero attached hydrogens (tertiary/aromatic N) is 5.